The number of likely N-dealkylation sites (N-methyl/N-ethyl adjacent to an activating group) is 1. The summed E-state index contributed by atoms with van der Waals surface area (Å²) in [7, 11) is 3.44. The zero-order chi connectivity index (χ0) is 10.8. The molecule has 0 aliphatic carbocycles. The predicted molar refractivity (Wildman–Crippen MR) is 64.5 cm³/mol. The number of rotatable bonds is 8. The van der Waals surface area contributed by atoms with E-state index in [1.807, 2.05) is 4.90 Å². The van der Waals surface area contributed by atoms with Crippen molar-refractivity contribution in [3.63, 3.8) is 0 Å². The molecule has 0 aromatic rings. The smallest absolute Gasteiger partial charge is 0.236 e. The number of carbonyl (C=O) groups excluding carboxylic acids is 1. The number of amides is 1. The minimum Gasteiger partial charge on any atom is -0.383 e. The molecular formula is C10H23ClN2O2. The lowest BCUT2D eigenvalue weighted by Crippen LogP contribution is -2.39. The zero-order valence-electron chi connectivity index (χ0n) is 9.91. The van der Waals surface area contributed by atoms with Crippen molar-refractivity contribution in [2.45, 2.75) is 19.8 Å². The minimum atomic E-state index is 0. The van der Waals surface area contributed by atoms with E-state index < -0.39 is 0 Å². The van der Waals surface area contributed by atoms with Gasteiger partial charge in [-0.3, -0.25) is 4.79 Å². The SMILES string of the molecule is CCCCN(CCOC)C(=O)CNC.Cl. The van der Waals surface area contributed by atoms with Crippen molar-refractivity contribution >= 4 is 18.3 Å². The van der Waals surface area contributed by atoms with Crippen molar-refractivity contribution in [2.24, 2.45) is 0 Å². The first kappa shape index (κ1) is 17.1. The van der Waals surface area contributed by atoms with E-state index in [2.05, 4.69) is 12.2 Å². The van der Waals surface area contributed by atoms with E-state index in [4.69, 9.17) is 4.74 Å². The number of nitrogens with zero attached hydrogens (tertiary/aromatic N) is 1. The summed E-state index contributed by atoms with van der Waals surface area (Å²) in [4.78, 5) is 13.4. The van der Waals surface area contributed by atoms with Gasteiger partial charge in [0.05, 0.1) is 13.2 Å². The summed E-state index contributed by atoms with van der Waals surface area (Å²) in [5.74, 6) is 0.151. The van der Waals surface area contributed by atoms with Gasteiger partial charge in [-0.1, -0.05) is 13.3 Å². The van der Waals surface area contributed by atoms with Crippen LogP contribution in [0.2, 0.25) is 0 Å². The van der Waals surface area contributed by atoms with Gasteiger partial charge >= 0.3 is 0 Å². The van der Waals surface area contributed by atoms with Crippen molar-refractivity contribution in [3.8, 4) is 0 Å². The van der Waals surface area contributed by atoms with Crippen LogP contribution >= 0.6 is 12.4 Å². The highest BCUT2D eigenvalue weighted by molar-refractivity contribution is 5.85. The summed E-state index contributed by atoms with van der Waals surface area (Å²) in [5.41, 5.74) is 0. The van der Waals surface area contributed by atoms with Crippen molar-refractivity contribution in [2.75, 3.05) is 40.4 Å². The second-order valence-corrected chi connectivity index (χ2v) is 3.26. The fourth-order valence-corrected chi connectivity index (χ4v) is 1.17. The molecular weight excluding hydrogens is 216 g/mol. The number of methoxy groups -OCH3 is 1. The Bertz CT molecular complexity index is 148. The summed E-state index contributed by atoms with van der Waals surface area (Å²) >= 11 is 0. The number of unbranched alkanes of at least 4 members (excludes halogenated alkanes) is 1. The van der Waals surface area contributed by atoms with Gasteiger partial charge in [0.2, 0.25) is 5.91 Å². The molecule has 5 heteroatoms. The molecule has 0 atom stereocenters. The summed E-state index contributed by atoms with van der Waals surface area (Å²) in [6.45, 7) is 4.67. The van der Waals surface area contributed by atoms with Gasteiger partial charge in [-0.25, -0.2) is 0 Å². The van der Waals surface area contributed by atoms with Gasteiger partial charge < -0.3 is 15.0 Å². The lowest BCUT2D eigenvalue weighted by molar-refractivity contribution is -0.130. The molecule has 0 aromatic heterocycles. The molecule has 0 spiro atoms. The molecule has 0 aromatic carbocycles. The number of nitrogens with one attached hydrogen (secondary N) is 1. The summed E-state index contributed by atoms with van der Waals surface area (Å²) < 4.78 is 4.97. The zero-order valence-corrected chi connectivity index (χ0v) is 10.7. The Labute approximate surface area is 98.8 Å². The highest BCUT2D eigenvalue weighted by Crippen LogP contribution is 1.95. The highest BCUT2D eigenvalue weighted by Gasteiger charge is 2.10. The summed E-state index contributed by atoms with van der Waals surface area (Å²) in [6.07, 6.45) is 2.16. The van der Waals surface area contributed by atoms with Gasteiger partial charge in [0, 0.05) is 20.2 Å². The lowest BCUT2D eigenvalue weighted by atomic mass is 10.3. The molecule has 0 unspecified atom stereocenters. The first-order valence-electron chi connectivity index (χ1n) is 5.17. The van der Waals surface area contributed by atoms with Gasteiger partial charge in [0.1, 0.15) is 0 Å². The van der Waals surface area contributed by atoms with Gasteiger partial charge in [-0.05, 0) is 13.5 Å². The summed E-state index contributed by atoms with van der Waals surface area (Å²) in [5, 5.41) is 2.87. The Hall–Kier alpha value is -0.320. The Morgan fingerprint density at radius 2 is 2.07 bits per heavy atom. The van der Waals surface area contributed by atoms with E-state index in [1.165, 1.54) is 0 Å². The molecule has 4 nitrogen and oxygen atoms in total. The minimum absolute atomic E-state index is 0. The van der Waals surface area contributed by atoms with Gasteiger partial charge in [-0.2, -0.15) is 0 Å². The molecule has 0 fully saturated rings. The van der Waals surface area contributed by atoms with Crippen LogP contribution in [-0.4, -0.2) is 51.2 Å². The third-order valence-electron chi connectivity index (χ3n) is 2.03. The molecule has 0 bridgehead atoms. The average Bonchev–Trinajstić information content (AvgIpc) is 2.18. The number of hydrogen-bond donors (Lipinski definition) is 1. The Morgan fingerprint density at radius 1 is 1.40 bits per heavy atom. The van der Waals surface area contributed by atoms with E-state index in [-0.39, 0.29) is 18.3 Å². The van der Waals surface area contributed by atoms with Crippen LogP contribution < -0.4 is 5.32 Å². The van der Waals surface area contributed by atoms with Gasteiger partial charge in [0.25, 0.3) is 0 Å². The number of hydrogen-bond acceptors (Lipinski definition) is 3. The molecule has 0 radical (unpaired) electrons. The van der Waals surface area contributed by atoms with E-state index in [0.29, 0.717) is 19.7 Å². The molecule has 15 heavy (non-hydrogen) atoms. The molecule has 1 amide bonds. The topological polar surface area (TPSA) is 41.6 Å². The van der Waals surface area contributed by atoms with Crippen LogP contribution in [0.25, 0.3) is 0 Å². The average molecular weight is 239 g/mol. The molecule has 0 heterocycles. The normalized spacial score (nSPS) is 9.53. The molecule has 1 N–H and O–H groups in total. The quantitative estimate of drug-likeness (QED) is 0.683. The second kappa shape index (κ2) is 11.8. The second-order valence-electron chi connectivity index (χ2n) is 3.26. The maximum Gasteiger partial charge on any atom is 0.236 e. The standard InChI is InChI=1S/C10H22N2O2.ClH/c1-4-5-6-12(7-8-14-3)10(13)9-11-2;/h11H,4-9H2,1-3H3;1H. The Balaban J connectivity index is 0. The molecule has 0 aliphatic rings. The van der Waals surface area contributed by atoms with Crippen molar-refractivity contribution in [1.82, 2.24) is 10.2 Å². The van der Waals surface area contributed by atoms with Crippen LogP contribution in [0.4, 0.5) is 0 Å². The van der Waals surface area contributed by atoms with E-state index in [1.54, 1.807) is 14.2 Å². The van der Waals surface area contributed by atoms with Crippen LogP contribution in [0, 0.1) is 0 Å². The molecule has 92 valence electrons. The fourth-order valence-electron chi connectivity index (χ4n) is 1.17. The van der Waals surface area contributed by atoms with E-state index >= 15 is 0 Å². The highest BCUT2D eigenvalue weighted by atomic mass is 35.5. The van der Waals surface area contributed by atoms with Crippen molar-refractivity contribution in [1.29, 1.82) is 0 Å². The van der Waals surface area contributed by atoms with Gasteiger partial charge in [-0.15, -0.1) is 12.4 Å². The fraction of sp³-hybridized carbons (Fsp3) is 0.900. The first-order valence-corrected chi connectivity index (χ1v) is 5.17. The number of ether oxygens (including phenoxy) is 1. The largest absolute Gasteiger partial charge is 0.383 e. The Kier molecular flexibility index (Phi) is 13.4. The van der Waals surface area contributed by atoms with Crippen molar-refractivity contribution in [3.05, 3.63) is 0 Å². The lowest BCUT2D eigenvalue weighted by Gasteiger charge is -2.21. The van der Waals surface area contributed by atoms with E-state index in [0.717, 1.165) is 19.4 Å². The predicted octanol–water partition coefficient (Wildman–Crippen LogP) is 0.903. The first-order chi connectivity index (χ1) is 6.76. The monoisotopic (exact) mass is 238 g/mol. The van der Waals surface area contributed by atoms with Crippen molar-refractivity contribution < 1.29 is 9.53 Å². The third kappa shape index (κ3) is 8.66. The van der Waals surface area contributed by atoms with Crippen LogP contribution in [0.1, 0.15) is 19.8 Å². The van der Waals surface area contributed by atoms with Crippen LogP contribution in [0.3, 0.4) is 0 Å². The molecule has 0 saturated carbocycles. The molecule has 0 rings (SSSR count). The van der Waals surface area contributed by atoms with Crippen LogP contribution in [0.5, 0.6) is 0 Å². The van der Waals surface area contributed by atoms with Crippen LogP contribution in [-0.2, 0) is 9.53 Å². The maximum absolute atomic E-state index is 11.6. The maximum atomic E-state index is 11.6. The van der Waals surface area contributed by atoms with E-state index in [9.17, 15) is 4.79 Å². The third-order valence-corrected chi connectivity index (χ3v) is 2.03. The number of halogens is 1. The Morgan fingerprint density at radius 3 is 2.53 bits per heavy atom. The molecule has 0 aliphatic heterocycles. The summed E-state index contributed by atoms with van der Waals surface area (Å²) in [6, 6.07) is 0. The van der Waals surface area contributed by atoms with Crippen LogP contribution in [0.15, 0.2) is 0 Å². The number of carbonyl (C=O) groups is 1. The van der Waals surface area contributed by atoms with Gasteiger partial charge in [0.15, 0.2) is 0 Å². The molecule has 0 saturated heterocycles.